The maximum absolute atomic E-state index is 9.76. The molecule has 0 aliphatic rings. The zero-order valence-electron chi connectivity index (χ0n) is 21.3. The molecule has 2 rings (SSSR count). The average molecular weight is 463 g/mol. The minimum absolute atomic E-state index is 0.0274. The van der Waals surface area contributed by atoms with Gasteiger partial charge < -0.3 is 16.2 Å². The summed E-state index contributed by atoms with van der Waals surface area (Å²) in [6, 6.07) is 5.85. The normalized spacial score (nSPS) is 13.8. The van der Waals surface area contributed by atoms with E-state index in [-0.39, 0.29) is 29.1 Å². The number of aryl methyl sites for hydroxylation is 1. The number of benzene rings is 1. The molecule has 1 aromatic carbocycles. The highest BCUT2D eigenvalue weighted by Crippen LogP contribution is 2.31. The third-order valence-electron chi connectivity index (χ3n) is 5.47. The lowest BCUT2D eigenvalue weighted by Crippen LogP contribution is -2.22. The fourth-order valence-electron chi connectivity index (χ4n) is 3.66. The van der Waals surface area contributed by atoms with Crippen molar-refractivity contribution in [1.29, 1.82) is 0 Å². The van der Waals surface area contributed by atoms with Crippen LogP contribution in [-0.2, 0) is 0 Å². The summed E-state index contributed by atoms with van der Waals surface area (Å²) in [6.45, 7) is 28.4. The predicted molar refractivity (Wildman–Crippen MR) is 143 cm³/mol. The molecule has 0 bridgehead atoms. The van der Waals surface area contributed by atoms with Crippen LogP contribution in [0.4, 0.5) is 11.9 Å². The van der Waals surface area contributed by atoms with Gasteiger partial charge in [-0.3, -0.25) is 0 Å². The first-order valence-corrected chi connectivity index (χ1v) is 11.3. The Balaban J connectivity index is 2.23. The van der Waals surface area contributed by atoms with Crippen LogP contribution in [0, 0.1) is 12.3 Å². The van der Waals surface area contributed by atoms with Crippen molar-refractivity contribution in [3.05, 3.63) is 78.7 Å². The Labute approximate surface area is 203 Å². The highest BCUT2D eigenvalue weighted by molar-refractivity contribution is 6.08. The van der Waals surface area contributed by atoms with E-state index in [1.54, 1.807) is 13.0 Å². The lowest BCUT2D eigenvalue weighted by atomic mass is 9.84. The minimum Gasteiger partial charge on any atom is -0.511 e. The van der Waals surface area contributed by atoms with Gasteiger partial charge in [0.15, 0.2) is 0 Å². The molecule has 0 aliphatic carbocycles. The Morgan fingerprint density at radius 3 is 2.44 bits per heavy atom. The maximum atomic E-state index is 9.76. The molecule has 0 saturated carbocycles. The van der Waals surface area contributed by atoms with Gasteiger partial charge in [-0.25, -0.2) is 9.67 Å². The van der Waals surface area contributed by atoms with Crippen LogP contribution in [0.25, 0.3) is 5.57 Å². The predicted octanol–water partition coefficient (Wildman–Crippen LogP) is 6.37. The van der Waals surface area contributed by atoms with Crippen molar-refractivity contribution in [2.24, 2.45) is 10.4 Å². The number of rotatable bonds is 10. The van der Waals surface area contributed by atoms with E-state index < -0.39 is 6.04 Å². The van der Waals surface area contributed by atoms with Gasteiger partial charge in [0.2, 0.25) is 5.95 Å². The number of nitrogens with one attached hydrogen (secondary N) is 1. The molecule has 7 nitrogen and oxygen atoms in total. The van der Waals surface area contributed by atoms with Gasteiger partial charge in [0, 0.05) is 6.04 Å². The molecule has 1 aromatic heterocycles. The van der Waals surface area contributed by atoms with E-state index >= 15 is 0 Å². The van der Waals surface area contributed by atoms with Crippen LogP contribution in [-0.4, -0.2) is 25.6 Å². The molecule has 34 heavy (non-hydrogen) atoms. The van der Waals surface area contributed by atoms with Crippen molar-refractivity contribution in [2.75, 3.05) is 5.73 Å². The molecule has 4 N–H and O–H groups in total. The molecule has 2 aromatic rings. The molecule has 0 radical (unpaired) electrons. The summed E-state index contributed by atoms with van der Waals surface area (Å²) in [5.41, 5.74) is 11.6. The zero-order chi connectivity index (χ0) is 25.8. The number of aliphatic imine (C=N–C) groups is 1. The standard InChI is InChI=1S/C27H38N6O/c1-11-24(30-26-31-25(28)32-33(26)20(6)21(7)34)19(5)29-18(4)22-12-13-23(16(2)14-22)17(3)15-27(8,9)10/h11-14,18,20,29,34H,1,3,5,7,15H2,2,4,6,8-10H3,(H2,28,32)/b30-24+. The number of allylic oxidation sites excluding steroid dienone is 3. The van der Waals surface area contributed by atoms with E-state index in [0.717, 1.165) is 17.6 Å². The van der Waals surface area contributed by atoms with Gasteiger partial charge in [-0.1, -0.05) is 65.3 Å². The monoisotopic (exact) mass is 462 g/mol. The number of nitrogens with zero attached hydrogens (tertiary/aromatic N) is 4. The minimum atomic E-state index is -0.538. The van der Waals surface area contributed by atoms with Crippen LogP contribution in [0.15, 0.2) is 67.0 Å². The number of nitrogen functional groups attached to an aromatic ring is 1. The first-order valence-electron chi connectivity index (χ1n) is 11.3. The van der Waals surface area contributed by atoms with Crippen molar-refractivity contribution >= 4 is 23.2 Å². The van der Waals surface area contributed by atoms with Gasteiger partial charge in [0.05, 0.1) is 11.4 Å². The second-order valence-electron chi connectivity index (χ2n) is 9.84. The van der Waals surface area contributed by atoms with Crippen molar-refractivity contribution in [2.45, 2.75) is 60.0 Å². The summed E-state index contributed by atoms with van der Waals surface area (Å²) in [5.74, 6) is 0.199. The Bertz CT molecular complexity index is 1130. The molecule has 2 unspecified atom stereocenters. The fraction of sp³-hybridized carbons (Fsp3) is 0.370. The number of hydrogen-bond donors (Lipinski definition) is 3. The lowest BCUT2D eigenvalue weighted by molar-refractivity contribution is 0.330. The third kappa shape index (κ3) is 6.70. The quantitative estimate of drug-likeness (QED) is 0.281. The van der Waals surface area contributed by atoms with E-state index in [0.29, 0.717) is 11.4 Å². The topological polar surface area (TPSA) is 101 Å². The number of aromatic nitrogens is 3. The second kappa shape index (κ2) is 10.5. The Kier molecular flexibility index (Phi) is 8.26. The Hall–Kier alpha value is -3.61. The number of nitrogens with two attached hydrogens (primary N) is 1. The van der Waals surface area contributed by atoms with Crippen LogP contribution in [0.5, 0.6) is 0 Å². The SMILES string of the molecule is C=C/C(=N\c1nc(N)nn1C(C)C(=C)O)C(=C)NC(C)c1ccc(C(=C)CC(C)(C)C)c(C)c1. The van der Waals surface area contributed by atoms with E-state index in [4.69, 9.17) is 5.73 Å². The number of hydrogen-bond acceptors (Lipinski definition) is 6. The molecular formula is C27H38N6O. The molecule has 2 atom stereocenters. The van der Waals surface area contributed by atoms with E-state index in [2.05, 4.69) is 99.5 Å². The first-order chi connectivity index (χ1) is 15.7. The van der Waals surface area contributed by atoms with Gasteiger partial charge in [-0.05, 0) is 60.9 Å². The number of aliphatic hydroxyl groups excluding tert-OH is 1. The molecule has 0 fully saturated rings. The summed E-state index contributed by atoms with van der Waals surface area (Å²) >= 11 is 0. The van der Waals surface area contributed by atoms with Gasteiger partial charge in [0.25, 0.3) is 5.95 Å². The lowest BCUT2D eigenvalue weighted by Gasteiger charge is -2.22. The van der Waals surface area contributed by atoms with Crippen LogP contribution < -0.4 is 11.1 Å². The summed E-state index contributed by atoms with van der Waals surface area (Å²) in [4.78, 5) is 8.67. The molecule has 0 spiro atoms. The largest absolute Gasteiger partial charge is 0.511 e. The van der Waals surface area contributed by atoms with Crippen LogP contribution >= 0.6 is 0 Å². The molecule has 182 valence electrons. The van der Waals surface area contributed by atoms with Crippen molar-refractivity contribution in [1.82, 2.24) is 20.1 Å². The Morgan fingerprint density at radius 2 is 1.91 bits per heavy atom. The summed E-state index contributed by atoms with van der Waals surface area (Å²) in [5, 5.41) is 17.2. The van der Waals surface area contributed by atoms with Gasteiger partial charge in [-0.15, -0.1) is 5.10 Å². The highest BCUT2D eigenvalue weighted by atomic mass is 16.3. The number of anilines is 1. The van der Waals surface area contributed by atoms with Crippen LogP contribution in [0.3, 0.4) is 0 Å². The van der Waals surface area contributed by atoms with Crippen LogP contribution in [0.2, 0.25) is 0 Å². The fourth-order valence-corrected chi connectivity index (χ4v) is 3.66. The molecule has 7 heteroatoms. The molecular weight excluding hydrogens is 424 g/mol. The van der Waals surface area contributed by atoms with Gasteiger partial charge in [0.1, 0.15) is 11.8 Å². The Morgan fingerprint density at radius 1 is 1.26 bits per heavy atom. The highest BCUT2D eigenvalue weighted by Gasteiger charge is 2.18. The summed E-state index contributed by atoms with van der Waals surface area (Å²) < 4.78 is 1.41. The molecule has 0 amide bonds. The van der Waals surface area contributed by atoms with Crippen molar-refractivity contribution in [3.63, 3.8) is 0 Å². The maximum Gasteiger partial charge on any atom is 0.250 e. The second-order valence-corrected chi connectivity index (χ2v) is 9.84. The molecule has 0 aliphatic heterocycles. The number of aliphatic hydroxyl groups is 1. The first kappa shape index (κ1) is 26.6. The van der Waals surface area contributed by atoms with Gasteiger partial charge in [-0.2, -0.15) is 4.98 Å². The molecule has 1 heterocycles. The molecule has 0 saturated heterocycles. The van der Waals surface area contributed by atoms with E-state index in [1.165, 1.54) is 15.8 Å². The zero-order valence-corrected chi connectivity index (χ0v) is 21.3. The summed E-state index contributed by atoms with van der Waals surface area (Å²) in [7, 11) is 0. The third-order valence-corrected chi connectivity index (χ3v) is 5.47. The van der Waals surface area contributed by atoms with Gasteiger partial charge >= 0.3 is 0 Å². The van der Waals surface area contributed by atoms with E-state index in [9.17, 15) is 5.11 Å². The summed E-state index contributed by atoms with van der Waals surface area (Å²) in [6.07, 6.45) is 2.52. The van der Waals surface area contributed by atoms with Crippen LogP contribution in [0.1, 0.15) is 69.8 Å². The van der Waals surface area contributed by atoms with Crippen molar-refractivity contribution in [3.8, 4) is 0 Å². The smallest absolute Gasteiger partial charge is 0.250 e. The van der Waals surface area contributed by atoms with E-state index in [1.807, 2.05) is 0 Å². The van der Waals surface area contributed by atoms with Crippen molar-refractivity contribution < 1.29 is 5.11 Å². The average Bonchev–Trinajstić information content (AvgIpc) is 3.09.